The first-order valence-electron chi connectivity index (χ1n) is 6.94. The molecule has 2 N–H and O–H groups in total. The predicted octanol–water partition coefficient (Wildman–Crippen LogP) is 3.83. The van der Waals surface area contributed by atoms with Gasteiger partial charge < -0.3 is 5.73 Å². The minimum atomic E-state index is 0.720. The van der Waals surface area contributed by atoms with Gasteiger partial charge in [0, 0.05) is 9.79 Å². The molecule has 0 spiro atoms. The summed E-state index contributed by atoms with van der Waals surface area (Å²) in [7, 11) is 0. The van der Waals surface area contributed by atoms with Crippen LogP contribution in [0.15, 0.2) is 52.3 Å². The second-order valence-electron chi connectivity index (χ2n) is 5.07. The van der Waals surface area contributed by atoms with Crippen LogP contribution in [-0.2, 0) is 19.3 Å². The van der Waals surface area contributed by atoms with E-state index in [2.05, 4.69) is 42.5 Å². The predicted molar refractivity (Wildman–Crippen MR) is 81.8 cm³/mol. The van der Waals surface area contributed by atoms with Gasteiger partial charge in [-0.25, -0.2) is 0 Å². The van der Waals surface area contributed by atoms with Crippen molar-refractivity contribution in [2.45, 2.75) is 35.5 Å². The molecule has 0 unspecified atom stereocenters. The average Bonchev–Trinajstić information content (AvgIpc) is 2.89. The standard InChI is InChI=1S/C17H19NS/c18-11-10-13-4-7-16(8-5-13)19-17-9-6-14-2-1-3-15(14)12-17/h4-9,12H,1-3,10-11,18H2. The first kappa shape index (κ1) is 12.8. The van der Waals surface area contributed by atoms with Crippen LogP contribution in [0.4, 0.5) is 0 Å². The maximum atomic E-state index is 5.57. The summed E-state index contributed by atoms with van der Waals surface area (Å²) < 4.78 is 0. The number of nitrogens with two attached hydrogens (primary N) is 1. The van der Waals surface area contributed by atoms with Gasteiger partial charge in [0.1, 0.15) is 0 Å². The zero-order valence-electron chi connectivity index (χ0n) is 11.1. The summed E-state index contributed by atoms with van der Waals surface area (Å²) in [6.07, 6.45) is 4.79. The largest absolute Gasteiger partial charge is 0.330 e. The maximum Gasteiger partial charge on any atom is 0.0125 e. The molecule has 0 bridgehead atoms. The molecule has 0 aromatic heterocycles. The average molecular weight is 269 g/mol. The lowest BCUT2D eigenvalue weighted by molar-refractivity contribution is 0.911. The molecule has 1 aliphatic carbocycles. The molecule has 1 aliphatic rings. The fourth-order valence-electron chi connectivity index (χ4n) is 2.64. The summed E-state index contributed by atoms with van der Waals surface area (Å²) in [5.41, 5.74) is 9.98. The molecule has 0 radical (unpaired) electrons. The molecule has 2 heteroatoms. The Morgan fingerprint density at radius 2 is 1.63 bits per heavy atom. The Labute approximate surface area is 119 Å². The van der Waals surface area contributed by atoms with Crippen molar-refractivity contribution in [3.63, 3.8) is 0 Å². The van der Waals surface area contributed by atoms with Gasteiger partial charge in [-0.2, -0.15) is 0 Å². The summed E-state index contributed by atoms with van der Waals surface area (Å²) in [5, 5.41) is 0. The van der Waals surface area contributed by atoms with E-state index in [9.17, 15) is 0 Å². The van der Waals surface area contributed by atoms with Crippen LogP contribution in [0.1, 0.15) is 23.1 Å². The van der Waals surface area contributed by atoms with Gasteiger partial charge in [-0.05, 0) is 73.2 Å². The molecule has 0 saturated heterocycles. The monoisotopic (exact) mass is 269 g/mol. The van der Waals surface area contributed by atoms with Crippen LogP contribution in [0.25, 0.3) is 0 Å². The van der Waals surface area contributed by atoms with Crippen molar-refractivity contribution < 1.29 is 0 Å². The summed E-state index contributed by atoms with van der Waals surface area (Å²) >= 11 is 1.85. The van der Waals surface area contributed by atoms with Crippen molar-refractivity contribution in [1.29, 1.82) is 0 Å². The Kier molecular flexibility index (Phi) is 3.90. The van der Waals surface area contributed by atoms with Crippen molar-refractivity contribution in [2.24, 2.45) is 5.73 Å². The lowest BCUT2D eigenvalue weighted by atomic mass is 10.1. The third-order valence-electron chi connectivity index (χ3n) is 3.66. The van der Waals surface area contributed by atoms with Gasteiger partial charge in [0.05, 0.1) is 0 Å². The normalized spacial score (nSPS) is 13.5. The number of rotatable bonds is 4. The van der Waals surface area contributed by atoms with E-state index in [0.717, 1.165) is 13.0 Å². The molecule has 0 fully saturated rings. The van der Waals surface area contributed by atoms with E-state index in [1.165, 1.54) is 34.6 Å². The Hall–Kier alpha value is -1.25. The van der Waals surface area contributed by atoms with Gasteiger partial charge in [-0.1, -0.05) is 30.0 Å². The van der Waals surface area contributed by atoms with Crippen LogP contribution in [-0.4, -0.2) is 6.54 Å². The van der Waals surface area contributed by atoms with Crippen molar-refractivity contribution in [3.05, 3.63) is 59.2 Å². The van der Waals surface area contributed by atoms with Gasteiger partial charge in [0.15, 0.2) is 0 Å². The third-order valence-corrected chi connectivity index (χ3v) is 4.66. The number of fused-ring (bicyclic) bond motifs is 1. The van der Waals surface area contributed by atoms with Crippen LogP contribution in [0, 0.1) is 0 Å². The smallest absolute Gasteiger partial charge is 0.0125 e. The highest BCUT2D eigenvalue weighted by molar-refractivity contribution is 7.99. The summed E-state index contributed by atoms with van der Waals surface area (Å²) in [6, 6.07) is 15.7. The fourth-order valence-corrected chi connectivity index (χ4v) is 3.52. The minimum absolute atomic E-state index is 0.720. The minimum Gasteiger partial charge on any atom is -0.330 e. The van der Waals surface area contributed by atoms with Gasteiger partial charge >= 0.3 is 0 Å². The first-order valence-corrected chi connectivity index (χ1v) is 7.75. The number of aryl methyl sites for hydroxylation is 2. The summed E-state index contributed by atoms with van der Waals surface area (Å²) in [4.78, 5) is 2.66. The molecule has 1 nitrogen and oxygen atoms in total. The molecule has 0 saturated carbocycles. The third kappa shape index (κ3) is 3.02. The van der Waals surface area contributed by atoms with Crippen molar-refractivity contribution >= 4 is 11.8 Å². The molecule has 0 atom stereocenters. The van der Waals surface area contributed by atoms with Crippen molar-refractivity contribution in [1.82, 2.24) is 0 Å². The molecule has 0 amide bonds. The van der Waals surface area contributed by atoms with Crippen LogP contribution in [0.2, 0.25) is 0 Å². The van der Waals surface area contributed by atoms with Crippen molar-refractivity contribution in [3.8, 4) is 0 Å². The molecule has 2 aromatic rings. The fraction of sp³-hybridized carbons (Fsp3) is 0.294. The van der Waals surface area contributed by atoms with E-state index < -0.39 is 0 Å². The van der Waals surface area contributed by atoms with E-state index in [0.29, 0.717) is 0 Å². The molecule has 0 heterocycles. The second-order valence-corrected chi connectivity index (χ2v) is 6.22. The van der Waals surface area contributed by atoms with Crippen molar-refractivity contribution in [2.75, 3.05) is 6.54 Å². The Morgan fingerprint density at radius 1 is 0.895 bits per heavy atom. The summed E-state index contributed by atoms with van der Waals surface area (Å²) in [6.45, 7) is 0.720. The molecule has 19 heavy (non-hydrogen) atoms. The molecule has 2 aromatic carbocycles. The van der Waals surface area contributed by atoms with Gasteiger partial charge in [0.25, 0.3) is 0 Å². The molecule has 0 aliphatic heterocycles. The van der Waals surface area contributed by atoms with E-state index >= 15 is 0 Å². The quantitative estimate of drug-likeness (QED) is 0.913. The molecule has 3 rings (SSSR count). The first-order chi connectivity index (χ1) is 9.35. The van der Waals surface area contributed by atoms with Gasteiger partial charge in [0.2, 0.25) is 0 Å². The molecular weight excluding hydrogens is 250 g/mol. The highest BCUT2D eigenvalue weighted by atomic mass is 32.2. The Morgan fingerprint density at radius 3 is 2.42 bits per heavy atom. The number of hydrogen-bond donors (Lipinski definition) is 1. The van der Waals surface area contributed by atoms with E-state index in [1.807, 2.05) is 11.8 Å². The zero-order valence-corrected chi connectivity index (χ0v) is 11.9. The molecular formula is C17H19NS. The number of hydrogen-bond acceptors (Lipinski definition) is 2. The second kappa shape index (κ2) is 5.81. The molecule has 98 valence electrons. The number of benzene rings is 2. The van der Waals surface area contributed by atoms with E-state index in [1.54, 1.807) is 11.1 Å². The van der Waals surface area contributed by atoms with Crippen LogP contribution < -0.4 is 5.73 Å². The lowest BCUT2D eigenvalue weighted by Gasteiger charge is -2.06. The van der Waals surface area contributed by atoms with E-state index in [4.69, 9.17) is 5.73 Å². The van der Waals surface area contributed by atoms with Crippen LogP contribution in [0.5, 0.6) is 0 Å². The topological polar surface area (TPSA) is 26.0 Å². The van der Waals surface area contributed by atoms with Gasteiger partial charge in [-0.15, -0.1) is 0 Å². The lowest BCUT2D eigenvalue weighted by Crippen LogP contribution is -2.02. The SMILES string of the molecule is NCCc1ccc(Sc2ccc3c(c2)CCC3)cc1. The van der Waals surface area contributed by atoms with Crippen LogP contribution >= 0.6 is 11.8 Å². The highest BCUT2D eigenvalue weighted by Crippen LogP contribution is 2.32. The van der Waals surface area contributed by atoms with Crippen LogP contribution in [0.3, 0.4) is 0 Å². The Bertz CT molecular complexity index is 560. The zero-order chi connectivity index (χ0) is 13.1. The highest BCUT2D eigenvalue weighted by Gasteiger charge is 2.11. The van der Waals surface area contributed by atoms with E-state index in [-0.39, 0.29) is 0 Å². The summed E-state index contributed by atoms with van der Waals surface area (Å²) in [5.74, 6) is 0. The van der Waals surface area contributed by atoms with Gasteiger partial charge in [-0.3, -0.25) is 0 Å². The Balaban J connectivity index is 1.74. The maximum absolute atomic E-state index is 5.57.